The Hall–Kier alpha value is 2.06. The third-order valence-electron chi connectivity index (χ3n) is 2.30. The van der Waals surface area contributed by atoms with Crippen LogP contribution in [0.25, 0.3) is 0 Å². The third-order valence-corrected chi connectivity index (χ3v) is 7.40. The molecular weight excluding hydrogens is 356 g/mol. The molecular formula is C10H23Cl2P2Rh. The first kappa shape index (κ1) is 19.4. The molecule has 0 bridgehead atoms. The van der Waals surface area contributed by atoms with E-state index in [0.29, 0.717) is 15.8 Å². The van der Waals surface area contributed by atoms with Crippen LogP contribution in [0.5, 0.6) is 0 Å². The summed E-state index contributed by atoms with van der Waals surface area (Å²) in [6.45, 7) is 9.32. The first-order chi connectivity index (χ1) is 7.19. The van der Waals surface area contributed by atoms with Crippen molar-refractivity contribution in [2.75, 3.05) is 30.8 Å². The predicted molar refractivity (Wildman–Crippen MR) is 76.9 cm³/mol. The average Bonchev–Trinajstić information content (AvgIpc) is 2.26. The Morgan fingerprint density at radius 2 is 1.33 bits per heavy atom. The van der Waals surface area contributed by atoms with Crippen molar-refractivity contribution in [3.05, 3.63) is 6.16 Å². The van der Waals surface area contributed by atoms with Crippen molar-refractivity contribution in [2.45, 2.75) is 27.7 Å². The molecule has 0 heterocycles. The van der Waals surface area contributed by atoms with Gasteiger partial charge in [-0.3, -0.25) is 14.1 Å². The maximum atomic E-state index is 4.83. The average molecular weight is 379 g/mol. The second-order valence-electron chi connectivity index (χ2n) is 2.94. The van der Waals surface area contributed by atoms with Crippen molar-refractivity contribution in [1.29, 1.82) is 0 Å². The summed E-state index contributed by atoms with van der Waals surface area (Å²) < 4.78 is 0. The van der Waals surface area contributed by atoms with Crippen LogP contribution in [-0.2, 0) is 15.1 Å². The molecule has 0 radical (unpaired) electrons. The molecule has 0 aliphatic carbocycles. The molecule has 0 saturated carbocycles. The molecule has 0 aliphatic rings. The standard InChI is InChI=1S/C10H23P2.2ClH.Rh/c1-5-11(6-2)9-10-12(7-3)8-4;;;/h9H,5-8,10H2,1-4H3;2*1H;/q-1;;;+3/p-2. The monoisotopic (exact) mass is 378 g/mol. The Morgan fingerprint density at radius 3 is 1.60 bits per heavy atom. The zero-order valence-corrected chi connectivity index (χ0v) is 15.0. The van der Waals surface area contributed by atoms with E-state index in [1.165, 1.54) is 30.8 Å². The molecule has 0 unspecified atom stereocenters. The molecule has 0 aromatic carbocycles. The van der Waals surface area contributed by atoms with E-state index in [1.54, 1.807) is 0 Å². The Bertz CT molecular complexity index is 97.6. The summed E-state index contributed by atoms with van der Waals surface area (Å²) in [6, 6.07) is 0. The summed E-state index contributed by atoms with van der Waals surface area (Å²) in [7, 11) is 10.3. The molecule has 0 spiro atoms. The van der Waals surface area contributed by atoms with Crippen molar-refractivity contribution in [3.63, 3.8) is 0 Å². The van der Waals surface area contributed by atoms with Gasteiger partial charge in [0.2, 0.25) is 0 Å². The maximum absolute atomic E-state index is 4.83. The summed E-state index contributed by atoms with van der Waals surface area (Å²) in [5, 5.41) is 0. The third kappa shape index (κ3) is 14.0. The van der Waals surface area contributed by atoms with Gasteiger partial charge in [0.1, 0.15) is 0 Å². The molecule has 0 atom stereocenters. The molecule has 0 fully saturated rings. The summed E-state index contributed by atoms with van der Waals surface area (Å²) in [6.07, 6.45) is 9.67. The van der Waals surface area contributed by atoms with E-state index in [1.807, 2.05) is 0 Å². The van der Waals surface area contributed by atoms with Gasteiger partial charge in [0.05, 0.1) is 0 Å². The molecule has 0 amide bonds. The number of halogens is 2. The summed E-state index contributed by atoms with van der Waals surface area (Å²) in [5.74, 6) is 0. The van der Waals surface area contributed by atoms with E-state index < -0.39 is 0 Å². The van der Waals surface area contributed by atoms with E-state index in [9.17, 15) is 0 Å². The van der Waals surface area contributed by atoms with E-state index >= 15 is 0 Å². The number of hydrogen-bond acceptors (Lipinski definition) is 0. The first-order valence-electron chi connectivity index (χ1n) is 5.33. The van der Waals surface area contributed by atoms with Gasteiger partial charge in [-0.15, -0.1) is 7.92 Å². The van der Waals surface area contributed by atoms with Gasteiger partial charge >= 0.3 is 34.5 Å². The van der Waals surface area contributed by atoms with E-state index in [2.05, 4.69) is 33.9 Å². The molecule has 0 aliphatic heterocycles. The van der Waals surface area contributed by atoms with Gasteiger partial charge in [-0.2, -0.15) is 6.16 Å². The predicted octanol–water partition coefficient (Wildman–Crippen LogP) is 5.57. The van der Waals surface area contributed by atoms with Crippen molar-refractivity contribution in [1.82, 2.24) is 0 Å². The quantitative estimate of drug-likeness (QED) is 0.308. The summed E-state index contributed by atoms with van der Waals surface area (Å²) in [4.78, 5) is 0. The van der Waals surface area contributed by atoms with Crippen molar-refractivity contribution in [2.24, 2.45) is 0 Å². The Balaban J connectivity index is 0. The van der Waals surface area contributed by atoms with Crippen molar-refractivity contribution >= 4 is 35.2 Å². The summed E-state index contributed by atoms with van der Waals surface area (Å²) >= 11 is -0.226. The molecule has 0 rings (SSSR count). The van der Waals surface area contributed by atoms with Crippen LogP contribution >= 0.6 is 35.2 Å². The van der Waals surface area contributed by atoms with Crippen LogP contribution < -0.4 is 0 Å². The van der Waals surface area contributed by atoms with Crippen LogP contribution in [0.3, 0.4) is 0 Å². The molecule has 96 valence electrons. The van der Waals surface area contributed by atoms with Crippen LogP contribution in [0.15, 0.2) is 0 Å². The molecule has 5 heteroatoms. The number of rotatable bonds is 7. The minimum atomic E-state index is -0.226. The summed E-state index contributed by atoms with van der Waals surface area (Å²) in [5.41, 5.74) is 0. The van der Waals surface area contributed by atoms with Crippen molar-refractivity contribution < 1.29 is 15.1 Å². The van der Waals surface area contributed by atoms with Gasteiger partial charge in [0, 0.05) is 0 Å². The second kappa shape index (κ2) is 16.1. The molecule has 0 nitrogen and oxygen atoms in total. The number of hydrogen-bond donors (Lipinski definition) is 0. The fourth-order valence-electron chi connectivity index (χ4n) is 1.19. The van der Waals surface area contributed by atoms with Gasteiger partial charge in [-0.05, 0) is 12.3 Å². The minimum absolute atomic E-state index is 0.226. The molecule has 0 saturated heterocycles. The fraction of sp³-hybridized carbons (Fsp3) is 0.900. The normalized spacial score (nSPS) is 10.7. The Labute approximate surface area is 114 Å². The molecule has 15 heavy (non-hydrogen) atoms. The van der Waals surface area contributed by atoms with Crippen molar-refractivity contribution in [3.8, 4) is 0 Å². The SMILES string of the molecule is CCP([CH-]CP(CC)CC)CC.[Cl][Rh+][Cl]. The van der Waals surface area contributed by atoms with E-state index in [4.69, 9.17) is 19.4 Å². The molecule has 0 N–H and O–H groups in total. The topological polar surface area (TPSA) is 0 Å². The zero-order valence-electron chi connectivity index (χ0n) is 10.1. The Kier molecular flexibility index (Phi) is 20.8. The van der Waals surface area contributed by atoms with Crippen LogP contribution in [0, 0.1) is 6.16 Å². The first-order valence-corrected chi connectivity index (χ1v) is 13.2. The molecule has 0 aromatic rings. The van der Waals surface area contributed by atoms with Gasteiger partial charge in [-0.25, -0.2) is 0 Å². The van der Waals surface area contributed by atoms with E-state index in [-0.39, 0.29) is 15.1 Å². The van der Waals surface area contributed by atoms with Crippen LogP contribution in [0.1, 0.15) is 27.7 Å². The fourth-order valence-corrected chi connectivity index (χ4v) is 4.97. The Morgan fingerprint density at radius 1 is 0.933 bits per heavy atom. The van der Waals surface area contributed by atoms with Gasteiger partial charge in [-0.1, -0.05) is 40.0 Å². The van der Waals surface area contributed by atoms with Gasteiger partial charge < -0.3 is 0 Å². The second-order valence-corrected chi connectivity index (χ2v) is 11.2. The van der Waals surface area contributed by atoms with Gasteiger partial charge in [0.25, 0.3) is 0 Å². The van der Waals surface area contributed by atoms with E-state index in [0.717, 1.165) is 0 Å². The van der Waals surface area contributed by atoms with Gasteiger partial charge in [0.15, 0.2) is 0 Å². The molecule has 0 aromatic heterocycles. The zero-order chi connectivity index (χ0) is 12.1. The van der Waals surface area contributed by atoms with Crippen LogP contribution in [0.2, 0.25) is 0 Å². The van der Waals surface area contributed by atoms with Crippen LogP contribution in [-0.4, -0.2) is 30.8 Å². The van der Waals surface area contributed by atoms with Crippen LogP contribution in [0.4, 0.5) is 0 Å².